The van der Waals surface area contributed by atoms with E-state index in [1.165, 1.54) is 18.2 Å². The van der Waals surface area contributed by atoms with Gasteiger partial charge in [-0.1, -0.05) is 6.42 Å². The summed E-state index contributed by atoms with van der Waals surface area (Å²) >= 11 is 1.87. The predicted octanol–water partition coefficient (Wildman–Crippen LogP) is 1.63. The molecule has 2 heterocycles. The Morgan fingerprint density at radius 2 is 2.11 bits per heavy atom. The second-order valence-corrected chi connectivity index (χ2v) is 11.3. The number of fused-ring (bicyclic) bond motifs is 1. The zero-order valence-electron chi connectivity index (χ0n) is 19.8. The first-order valence-corrected chi connectivity index (χ1v) is 14.4. The van der Waals surface area contributed by atoms with Gasteiger partial charge in [0.15, 0.2) is 0 Å². The number of thioether (sulfide) groups is 1. The molecular weight excluding hydrogens is 513 g/mol. The van der Waals surface area contributed by atoms with Gasteiger partial charge in [0.1, 0.15) is 11.9 Å². The van der Waals surface area contributed by atoms with Crippen molar-refractivity contribution < 1.29 is 43.0 Å². The van der Waals surface area contributed by atoms with Crippen molar-refractivity contribution in [1.82, 2.24) is 16.0 Å². The fourth-order valence-electron chi connectivity index (χ4n) is 3.95. The molecule has 202 valence electrons. The van der Waals surface area contributed by atoms with Gasteiger partial charge in [-0.15, -0.1) is 0 Å². The van der Waals surface area contributed by atoms with Crippen LogP contribution < -0.4 is 16.0 Å². The number of nitrogens with one attached hydrogen (secondary N) is 3. The van der Waals surface area contributed by atoms with Crippen LogP contribution in [0.15, 0.2) is 35.8 Å². The Hall–Kier alpha value is -2.02. The molecule has 36 heavy (non-hydrogen) atoms. The van der Waals surface area contributed by atoms with Crippen LogP contribution in [0.5, 0.6) is 0 Å². The summed E-state index contributed by atoms with van der Waals surface area (Å²) in [6.07, 6.45) is 7.60. The second-order valence-electron chi connectivity index (χ2n) is 8.66. The summed E-state index contributed by atoms with van der Waals surface area (Å²) < 4.78 is 26.8. The van der Waals surface area contributed by atoms with E-state index in [0.717, 1.165) is 31.3 Å². The van der Waals surface area contributed by atoms with Crippen molar-refractivity contribution in [2.24, 2.45) is 0 Å². The topological polar surface area (TPSA) is 176 Å². The number of rotatable bonds is 16. The van der Waals surface area contributed by atoms with E-state index in [0.29, 0.717) is 36.8 Å². The van der Waals surface area contributed by atoms with E-state index >= 15 is 0 Å². The molecule has 0 aromatic carbocycles. The SMILES string of the molecule is O=C(CCCCC1SCC2NC(=O)NC21)NCCCOCC(O)COP(=O)(O)OC1=C/C(=C\O)C=C1. The first-order chi connectivity index (χ1) is 17.3. The summed E-state index contributed by atoms with van der Waals surface area (Å²) in [5, 5.41) is 27.8. The average Bonchev–Trinajstić information content (AvgIpc) is 3.53. The number of aliphatic hydroxyl groups is 2. The van der Waals surface area contributed by atoms with Gasteiger partial charge in [-0.2, -0.15) is 11.8 Å². The molecule has 0 bridgehead atoms. The minimum Gasteiger partial charge on any atom is -0.515 e. The Balaban J connectivity index is 1.15. The third kappa shape index (κ3) is 9.45. The highest BCUT2D eigenvalue weighted by atomic mass is 32.2. The standard InChI is InChI=1S/C22H34N3O9PS/c26-11-15-6-7-17(10-15)34-35(30,31)33-13-16(27)12-32-9-3-8-23-20(28)5-2-1-4-19-21-18(14-36-19)24-22(29)25-21/h6-7,10-11,16,18-19,21,26-27H,1-5,8-9,12-14H2,(H,23,28)(H,30,31)(H2,24,25,29)/b15-11-. The van der Waals surface area contributed by atoms with E-state index < -0.39 is 20.5 Å². The van der Waals surface area contributed by atoms with E-state index in [-0.39, 0.29) is 36.4 Å². The fraction of sp³-hybridized carbons (Fsp3) is 0.636. The van der Waals surface area contributed by atoms with E-state index in [2.05, 4.69) is 16.0 Å². The number of hydrogen-bond donors (Lipinski definition) is 6. The lowest BCUT2D eigenvalue weighted by Gasteiger charge is -2.16. The monoisotopic (exact) mass is 547 g/mol. The number of phosphoric ester groups is 1. The average molecular weight is 548 g/mol. The quantitative estimate of drug-likeness (QED) is 0.0721. The molecule has 3 amide bonds. The molecule has 12 nitrogen and oxygen atoms in total. The number of urea groups is 1. The minimum absolute atomic E-state index is 0.0243. The molecule has 3 aliphatic rings. The van der Waals surface area contributed by atoms with Crippen LogP contribution in [0.1, 0.15) is 32.1 Å². The van der Waals surface area contributed by atoms with Crippen molar-refractivity contribution in [3.05, 3.63) is 35.8 Å². The van der Waals surface area contributed by atoms with Crippen molar-refractivity contribution in [1.29, 1.82) is 0 Å². The first kappa shape index (κ1) is 28.5. The zero-order valence-corrected chi connectivity index (χ0v) is 21.5. The normalized spacial score (nSPS) is 26.2. The molecule has 5 atom stereocenters. The number of unbranched alkanes of at least 4 members (excludes halogenated alkanes) is 1. The molecule has 14 heteroatoms. The predicted molar refractivity (Wildman–Crippen MR) is 133 cm³/mol. The maximum absolute atomic E-state index is 12.0. The number of amides is 3. The summed E-state index contributed by atoms with van der Waals surface area (Å²) in [5.41, 5.74) is 0.408. The molecular formula is C22H34N3O9PS. The van der Waals surface area contributed by atoms with E-state index in [9.17, 15) is 24.2 Å². The summed E-state index contributed by atoms with van der Waals surface area (Å²) in [7, 11) is -4.43. The van der Waals surface area contributed by atoms with Gasteiger partial charge in [0, 0.05) is 36.1 Å². The number of carbonyl (C=O) groups is 2. The molecule has 3 rings (SSSR count). The van der Waals surface area contributed by atoms with Gasteiger partial charge >= 0.3 is 13.9 Å². The number of ether oxygens (including phenoxy) is 1. The van der Waals surface area contributed by atoms with Gasteiger partial charge in [0.25, 0.3) is 0 Å². The molecule has 0 aromatic rings. The number of allylic oxidation sites excluding steroid dienone is 4. The molecule has 0 spiro atoms. The molecule has 2 saturated heterocycles. The van der Waals surface area contributed by atoms with Crippen molar-refractivity contribution >= 4 is 31.5 Å². The maximum Gasteiger partial charge on any atom is 0.527 e. The Morgan fingerprint density at radius 3 is 2.89 bits per heavy atom. The van der Waals surface area contributed by atoms with E-state index in [1.54, 1.807) is 0 Å². The van der Waals surface area contributed by atoms with Gasteiger partial charge < -0.3 is 35.4 Å². The zero-order chi connectivity index (χ0) is 26.0. The van der Waals surface area contributed by atoms with Gasteiger partial charge in [-0.05, 0) is 37.5 Å². The Kier molecular flexibility index (Phi) is 11.1. The first-order valence-electron chi connectivity index (χ1n) is 11.9. The highest BCUT2D eigenvalue weighted by molar-refractivity contribution is 8.00. The molecule has 2 aliphatic heterocycles. The van der Waals surface area contributed by atoms with Crippen molar-refractivity contribution in [3.8, 4) is 0 Å². The van der Waals surface area contributed by atoms with Gasteiger partial charge in [0.05, 0.1) is 31.6 Å². The molecule has 0 aromatic heterocycles. The second kappa shape index (κ2) is 14.1. The molecule has 6 N–H and O–H groups in total. The van der Waals surface area contributed by atoms with Crippen LogP contribution in [0, 0.1) is 0 Å². The lowest BCUT2D eigenvalue weighted by Crippen LogP contribution is -2.36. The third-order valence-electron chi connectivity index (χ3n) is 5.73. The number of aliphatic hydroxyl groups excluding tert-OH is 2. The number of hydrogen-bond acceptors (Lipinski definition) is 9. The highest BCUT2D eigenvalue weighted by Crippen LogP contribution is 2.46. The van der Waals surface area contributed by atoms with E-state index in [4.69, 9.17) is 18.9 Å². The molecule has 5 unspecified atom stereocenters. The van der Waals surface area contributed by atoms with Gasteiger partial charge in [-0.3, -0.25) is 14.2 Å². The number of phosphoric acid groups is 1. The fourth-order valence-corrected chi connectivity index (χ4v) is 6.28. The van der Waals surface area contributed by atoms with Crippen molar-refractivity contribution in [2.45, 2.75) is 55.5 Å². The summed E-state index contributed by atoms with van der Waals surface area (Å²) in [6.45, 7) is 0.163. The van der Waals surface area contributed by atoms with Crippen LogP contribution in [0.4, 0.5) is 4.79 Å². The van der Waals surface area contributed by atoms with Crippen LogP contribution in [0.3, 0.4) is 0 Å². The summed E-state index contributed by atoms with van der Waals surface area (Å²) in [5.74, 6) is 0.957. The van der Waals surface area contributed by atoms with Gasteiger partial charge in [-0.25, -0.2) is 9.36 Å². The van der Waals surface area contributed by atoms with Crippen LogP contribution in [-0.2, 0) is 23.1 Å². The number of carbonyl (C=O) groups excluding carboxylic acids is 2. The lowest BCUT2D eigenvalue weighted by atomic mass is 10.0. The lowest BCUT2D eigenvalue weighted by molar-refractivity contribution is -0.121. The minimum atomic E-state index is -4.43. The van der Waals surface area contributed by atoms with Crippen LogP contribution >= 0.6 is 19.6 Å². The maximum atomic E-state index is 12.0. The van der Waals surface area contributed by atoms with E-state index in [1.807, 2.05) is 11.8 Å². The molecule has 1 aliphatic carbocycles. The largest absolute Gasteiger partial charge is 0.527 e. The van der Waals surface area contributed by atoms with Crippen molar-refractivity contribution in [3.63, 3.8) is 0 Å². The van der Waals surface area contributed by atoms with Crippen LogP contribution in [0.2, 0.25) is 0 Å². The van der Waals surface area contributed by atoms with Crippen LogP contribution in [0.25, 0.3) is 0 Å². The van der Waals surface area contributed by atoms with Gasteiger partial charge in [0.2, 0.25) is 5.91 Å². The molecule has 0 radical (unpaired) electrons. The summed E-state index contributed by atoms with van der Waals surface area (Å²) in [4.78, 5) is 33.1. The highest BCUT2D eigenvalue weighted by Gasteiger charge is 2.42. The Morgan fingerprint density at radius 1 is 1.28 bits per heavy atom. The Bertz CT molecular complexity index is 913. The van der Waals surface area contributed by atoms with Crippen LogP contribution in [-0.4, -0.2) is 82.6 Å². The molecule has 2 fully saturated rings. The smallest absolute Gasteiger partial charge is 0.515 e. The summed E-state index contributed by atoms with van der Waals surface area (Å²) in [6, 6.07) is 0.316. The Labute approximate surface area is 214 Å². The molecule has 0 saturated carbocycles. The third-order valence-corrected chi connectivity index (χ3v) is 8.15. The van der Waals surface area contributed by atoms with Crippen molar-refractivity contribution in [2.75, 3.05) is 32.1 Å².